The van der Waals surface area contributed by atoms with Crippen LogP contribution in [0.5, 0.6) is 5.75 Å². The van der Waals surface area contributed by atoms with E-state index in [4.69, 9.17) is 9.47 Å². The average molecular weight is 408 g/mol. The highest BCUT2D eigenvalue weighted by molar-refractivity contribution is 5.86. The van der Waals surface area contributed by atoms with Crippen molar-refractivity contribution in [3.8, 4) is 5.75 Å². The van der Waals surface area contributed by atoms with Crippen LogP contribution in [-0.2, 0) is 16.1 Å². The Morgan fingerprint density at radius 1 is 1.03 bits per heavy atom. The van der Waals surface area contributed by atoms with Gasteiger partial charge in [0.05, 0.1) is 20.2 Å². The summed E-state index contributed by atoms with van der Waals surface area (Å²) in [6.45, 7) is 6.72. The van der Waals surface area contributed by atoms with E-state index in [9.17, 15) is 9.59 Å². The standard InChI is InChI=1S/C20H33N5O4/c1-20(2,3)29-19(27)22-12-11-21-18(24-14-17(26)25(4)5)23-13-15-7-9-16(28-6)10-8-15/h7-10H,11-14H2,1-6H3,(H,22,27)(H2,21,23,24). The number of rotatable bonds is 8. The van der Waals surface area contributed by atoms with E-state index in [0.717, 1.165) is 11.3 Å². The van der Waals surface area contributed by atoms with Crippen LogP contribution in [0.2, 0.25) is 0 Å². The molecule has 9 nitrogen and oxygen atoms in total. The van der Waals surface area contributed by atoms with Crippen molar-refractivity contribution < 1.29 is 19.1 Å². The van der Waals surface area contributed by atoms with Gasteiger partial charge in [0.1, 0.15) is 11.4 Å². The number of hydrogen-bond acceptors (Lipinski definition) is 5. The summed E-state index contributed by atoms with van der Waals surface area (Å²) in [5.74, 6) is 1.18. The van der Waals surface area contributed by atoms with E-state index in [1.54, 1.807) is 42.0 Å². The largest absolute Gasteiger partial charge is 0.497 e. The number of nitrogens with one attached hydrogen (secondary N) is 3. The maximum Gasteiger partial charge on any atom is 0.407 e. The minimum Gasteiger partial charge on any atom is -0.497 e. The van der Waals surface area contributed by atoms with Crippen LogP contribution in [0.15, 0.2) is 29.3 Å². The lowest BCUT2D eigenvalue weighted by molar-refractivity contribution is -0.127. The SMILES string of the molecule is COc1ccc(CN=C(NCCNC(=O)OC(C)(C)C)NCC(=O)N(C)C)cc1. The lowest BCUT2D eigenvalue weighted by Gasteiger charge is -2.20. The first-order valence-electron chi connectivity index (χ1n) is 9.43. The van der Waals surface area contributed by atoms with Gasteiger partial charge in [-0.25, -0.2) is 9.79 Å². The summed E-state index contributed by atoms with van der Waals surface area (Å²) in [6, 6.07) is 7.58. The highest BCUT2D eigenvalue weighted by Gasteiger charge is 2.15. The monoisotopic (exact) mass is 407 g/mol. The Morgan fingerprint density at radius 3 is 2.21 bits per heavy atom. The second kappa shape index (κ2) is 11.8. The van der Waals surface area contributed by atoms with E-state index >= 15 is 0 Å². The minimum absolute atomic E-state index is 0.0733. The first-order valence-corrected chi connectivity index (χ1v) is 9.43. The summed E-state index contributed by atoms with van der Waals surface area (Å²) in [7, 11) is 5.00. The molecule has 0 aliphatic heterocycles. The number of aliphatic imine (C=N–C) groups is 1. The van der Waals surface area contributed by atoms with Gasteiger partial charge in [-0.15, -0.1) is 0 Å². The van der Waals surface area contributed by atoms with Gasteiger partial charge in [-0.05, 0) is 38.5 Å². The predicted molar refractivity (Wildman–Crippen MR) is 113 cm³/mol. The van der Waals surface area contributed by atoms with E-state index in [2.05, 4.69) is 20.9 Å². The first kappa shape index (κ1) is 24.1. The molecule has 29 heavy (non-hydrogen) atoms. The second-order valence-electron chi connectivity index (χ2n) is 7.51. The maximum atomic E-state index is 11.8. The van der Waals surface area contributed by atoms with Crippen molar-refractivity contribution >= 4 is 18.0 Å². The molecule has 9 heteroatoms. The van der Waals surface area contributed by atoms with Crippen LogP contribution in [0, 0.1) is 0 Å². The van der Waals surface area contributed by atoms with Gasteiger partial charge in [0.2, 0.25) is 5.91 Å². The molecule has 1 aromatic carbocycles. The van der Waals surface area contributed by atoms with Gasteiger partial charge < -0.3 is 30.3 Å². The van der Waals surface area contributed by atoms with Gasteiger partial charge in [0.25, 0.3) is 0 Å². The van der Waals surface area contributed by atoms with Gasteiger partial charge in [0.15, 0.2) is 5.96 Å². The zero-order valence-corrected chi connectivity index (χ0v) is 18.2. The molecule has 0 aromatic heterocycles. The summed E-state index contributed by atoms with van der Waals surface area (Å²) in [5.41, 5.74) is 0.453. The van der Waals surface area contributed by atoms with Crippen LogP contribution in [0.1, 0.15) is 26.3 Å². The molecule has 1 rings (SSSR count). The van der Waals surface area contributed by atoms with E-state index < -0.39 is 11.7 Å². The fourth-order valence-corrected chi connectivity index (χ4v) is 2.05. The number of amides is 2. The predicted octanol–water partition coefficient (Wildman–Crippen LogP) is 1.34. The van der Waals surface area contributed by atoms with Gasteiger partial charge in [0, 0.05) is 27.2 Å². The van der Waals surface area contributed by atoms with Crippen molar-refractivity contribution in [2.75, 3.05) is 40.8 Å². The Kier molecular flexibility index (Phi) is 9.78. The number of hydrogen-bond donors (Lipinski definition) is 3. The highest BCUT2D eigenvalue weighted by Crippen LogP contribution is 2.11. The Hall–Kier alpha value is -2.97. The fraction of sp³-hybridized carbons (Fsp3) is 0.550. The van der Waals surface area contributed by atoms with Crippen LogP contribution < -0.4 is 20.7 Å². The van der Waals surface area contributed by atoms with Crippen molar-refractivity contribution in [1.29, 1.82) is 0 Å². The summed E-state index contributed by atoms with van der Waals surface area (Å²) >= 11 is 0. The second-order valence-corrected chi connectivity index (χ2v) is 7.51. The molecule has 0 aliphatic rings. The maximum absolute atomic E-state index is 11.8. The Morgan fingerprint density at radius 2 is 1.66 bits per heavy atom. The minimum atomic E-state index is -0.545. The molecule has 0 saturated carbocycles. The lowest BCUT2D eigenvalue weighted by Crippen LogP contribution is -2.45. The van der Waals surface area contributed by atoms with Crippen LogP contribution in [0.25, 0.3) is 0 Å². The summed E-state index contributed by atoms with van der Waals surface area (Å²) < 4.78 is 10.3. The number of alkyl carbamates (subject to hydrolysis) is 1. The third-order valence-electron chi connectivity index (χ3n) is 3.57. The van der Waals surface area contributed by atoms with Gasteiger partial charge >= 0.3 is 6.09 Å². The topological polar surface area (TPSA) is 104 Å². The third kappa shape index (κ3) is 10.8. The van der Waals surface area contributed by atoms with Gasteiger partial charge in [-0.3, -0.25) is 4.79 Å². The lowest BCUT2D eigenvalue weighted by atomic mass is 10.2. The number of benzene rings is 1. The molecule has 0 heterocycles. The van der Waals surface area contributed by atoms with Crippen LogP contribution in [0.4, 0.5) is 4.79 Å². The summed E-state index contributed by atoms with van der Waals surface area (Å²) in [6.07, 6.45) is -0.480. The number of methoxy groups -OCH3 is 1. The molecule has 0 saturated heterocycles. The molecule has 1 aromatic rings. The quantitative estimate of drug-likeness (QED) is 0.341. The van der Waals surface area contributed by atoms with E-state index in [0.29, 0.717) is 25.6 Å². The molecule has 162 valence electrons. The number of carbonyl (C=O) groups is 2. The highest BCUT2D eigenvalue weighted by atomic mass is 16.6. The Bertz CT molecular complexity index is 681. The molecular formula is C20H33N5O4. The van der Waals surface area contributed by atoms with Crippen molar-refractivity contribution in [2.24, 2.45) is 4.99 Å². The Labute approximate surface area is 172 Å². The molecule has 0 spiro atoms. The molecule has 3 N–H and O–H groups in total. The average Bonchev–Trinajstić information content (AvgIpc) is 2.65. The number of likely N-dealkylation sites (N-methyl/N-ethyl adjacent to an activating group) is 1. The van der Waals surface area contributed by atoms with Crippen molar-refractivity contribution in [1.82, 2.24) is 20.9 Å². The Balaban J connectivity index is 2.59. The van der Waals surface area contributed by atoms with E-state index in [1.165, 1.54) is 4.90 Å². The number of guanidine groups is 1. The van der Waals surface area contributed by atoms with Gasteiger partial charge in [-0.2, -0.15) is 0 Å². The molecule has 2 amide bonds. The van der Waals surface area contributed by atoms with Crippen LogP contribution in [0.3, 0.4) is 0 Å². The molecule has 0 radical (unpaired) electrons. The van der Waals surface area contributed by atoms with Crippen LogP contribution in [-0.4, -0.2) is 69.3 Å². The van der Waals surface area contributed by atoms with Crippen LogP contribution >= 0.6 is 0 Å². The molecular weight excluding hydrogens is 374 g/mol. The zero-order chi connectivity index (χ0) is 21.9. The molecule has 0 aliphatic carbocycles. The third-order valence-corrected chi connectivity index (χ3v) is 3.57. The van der Waals surface area contributed by atoms with Crippen molar-refractivity contribution in [3.05, 3.63) is 29.8 Å². The van der Waals surface area contributed by atoms with E-state index in [1.807, 2.05) is 24.3 Å². The fourth-order valence-electron chi connectivity index (χ4n) is 2.05. The van der Waals surface area contributed by atoms with Crippen molar-refractivity contribution in [3.63, 3.8) is 0 Å². The summed E-state index contributed by atoms with van der Waals surface area (Å²) in [5, 5.41) is 8.77. The number of ether oxygens (including phenoxy) is 2. The summed E-state index contributed by atoms with van der Waals surface area (Å²) in [4.78, 5) is 29.5. The molecule has 0 unspecified atom stereocenters. The molecule has 0 fully saturated rings. The molecule has 0 bridgehead atoms. The zero-order valence-electron chi connectivity index (χ0n) is 18.2. The smallest absolute Gasteiger partial charge is 0.407 e. The van der Waals surface area contributed by atoms with Crippen molar-refractivity contribution in [2.45, 2.75) is 32.9 Å². The first-order chi connectivity index (χ1) is 13.6. The van der Waals surface area contributed by atoms with E-state index in [-0.39, 0.29) is 12.5 Å². The number of carbonyl (C=O) groups excluding carboxylic acids is 2. The number of nitrogens with zero attached hydrogens (tertiary/aromatic N) is 2. The van der Waals surface area contributed by atoms with Gasteiger partial charge in [-0.1, -0.05) is 12.1 Å². The normalized spacial score (nSPS) is 11.4. The molecule has 0 atom stereocenters.